The molecule has 0 amide bonds. The molecule has 1 N–H and O–H groups in total. The molecule has 23 heavy (non-hydrogen) atoms. The molecule has 2 rings (SSSR count). The second kappa shape index (κ2) is 7.46. The first kappa shape index (κ1) is 17.3. The van der Waals surface area contributed by atoms with Gasteiger partial charge in [0.25, 0.3) is 0 Å². The van der Waals surface area contributed by atoms with Crippen LogP contribution in [-0.2, 0) is 4.74 Å². The number of halogens is 1. The first-order chi connectivity index (χ1) is 10.9. The molecule has 0 aliphatic rings. The number of hydrogen-bond donors (Lipinski definition) is 1. The number of H-pyrrole nitrogens is 1. The van der Waals surface area contributed by atoms with Crippen LogP contribution in [0.15, 0.2) is 28.7 Å². The Hall–Kier alpha value is -2.08. The number of hydrogen-bond acceptors (Lipinski definition) is 4. The molecular weight excluding hydrogens is 362 g/mol. The summed E-state index contributed by atoms with van der Waals surface area (Å²) >= 11 is 3.36. The van der Waals surface area contributed by atoms with E-state index in [2.05, 4.69) is 20.9 Å². The monoisotopic (exact) mass is 379 g/mol. The summed E-state index contributed by atoms with van der Waals surface area (Å²) < 4.78 is 11.6. The summed E-state index contributed by atoms with van der Waals surface area (Å²) in [6.07, 6.45) is 0. The first-order valence-electron chi connectivity index (χ1n) is 7.15. The molecule has 0 radical (unpaired) electrons. The van der Waals surface area contributed by atoms with Crippen LogP contribution in [0, 0.1) is 13.8 Å². The number of nitrogens with one attached hydrogen (secondary N) is 1. The lowest BCUT2D eigenvalue weighted by Gasteiger charge is -2.07. The minimum absolute atomic E-state index is 0.0757. The number of ether oxygens (including phenoxy) is 2. The van der Waals surface area contributed by atoms with Gasteiger partial charge in [0.2, 0.25) is 0 Å². The Balaban J connectivity index is 1.90. The van der Waals surface area contributed by atoms with Crippen molar-refractivity contribution >= 4 is 27.7 Å². The van der Waals surface area contributed by atoms with Crippen LogP contribution >= 0.6 is 15.9 Å². The van der Waals surface area contributed by atoms with E-state index in [1.54, 1.807) is 13.8 Å². The van der Waals surface area contributed by atoms with Crippen LogP contribution in [0.4, 0.5) is 0 Å². The number of Topliss-reactive ketones (excluding diaryl/α,β-unsaturated/α-hetero) is 1. The van der Waals surface area contributed by atoms with E-state index in [4.69, 9.17) is 9.47 Å². The summed E-state index contributed by atoms with van der Waals surface area (Å²) in [6.45, 7) is 5.34. The van der Waals surface area contributed by atoms with Gasteiger partial charge in [-0.15, -0.1) is 0 Å². The summed E-state index contributed by atoms with van der Waals surface area (Å²) in [4.78, 5) is 26.6. The standard InChI is InChI=1S/C17H18BrNO4/c1-10-15(12(3)20)11(2)19-16(10)17(21)23-8-7-22-14-6-4-5-13(18)9-14/h4-6,9,19H,7-8H2,1-3H3. The maximum atomic E-state index is 12.1. The largest absolute Gasteiger partial charge is 0.490 e. The average Bonchev–Trinajstić information content (AvgIpc) is 2.78. The third kappa shape index (κ3) is 4.22. The van der Waals surface area contributed by atoms with Gasteiger partial charge in [-0.1, -0.05) is 22.0 Å². The minimum Gasteiger partial charge on any atom is -0.490 e. The van der Waals surface area contributed by atoms with Crippen LogP contribution in [-0.4, -0.2) is 30.0 Å². The van der Waals surface area contributed by atoms with Crippen LogP contribution < -0.4 is 4.74 Å². The van der Waals surface area contributed by atoms with Crippen LogP contribution in [0.25, 0.3) is 0 Å². The van der Waals surface area contributed by atoms with E-state index < -0.39 is 5.97 Å². The molecule has 5 nitrogen and oxygen atoms in total. The average molecular weight is 380 g/mol. The van der Waals surface area contributed by atoms with Crippen molar-refractivity contribution in [2.75, 3.05) is 13.2 Å². The number of rotatable bonds is 6. The molecule has 0 bridgehead atoms. The van der Waals surface area contributed by atoms with Crippen molar-refractivity contribution in [2.45, 2.75) is 20.8 Å². The zero-order valence-electron chi connectivity index (χ0n) is 13.2. The zero-order valence-corrected chi connectivity index (χ0v) is 14.8. The molecule has 0 saturated carbocycles. The van der Waals surface area contributed by atoms with Gasteiger partial charge >= 0.3 is 5.97 Å². The van der Waals surface area contributed by atoms with Crippen LogP contribution in [0.3, 0.4) is 0 Å². The van der Waals surface area contributed by atoms with Gasteiger partial charge in [0, 0.05) is 15.7 Å². The maximum absolute atomic E-state index is 12.1. The molecule has 0 unspecified atom stereocenters. The molecule has 0 saturated heterocycles. The van der Waals surface area contributed by atoms with Gasteiger partial charge in [-0.05, 0) is 44.5 Å². The molecule has 1 aromatic heterocycles. The quantitative estimate of drug-likeness (QED) is 0.470. The Kier molecular flexibility index (Phi) is 5.60. The Labute approximate surface area is 143 Å². The van der Waals surface area contributed by atoms with E-state index in [9.17, 15) is 9.59 Å². The highest BCUT2D eigenvalue weighted by atomic mass is 79.9. The number of aryl methyl sites for hydroxylation is 1. The summed E-state index contributed by atoms with van der Waals surface area (Å²) in [5.74, 6) is 0.130. The predicted molar refractivity (Wildman–Crippen MR) is 90.2 cm³/mol. The van der Waals surface area contributed by atoms with Gasteiger partial charge in [-0.25, -0.2) is 4.79 Å². The number of esters is 1. The van der Waals surface area contributed by atoms with Crippen LogP contribution in [0.1, 0.15) is 39.0 Å². The molecule has 0 aliphatic carbocycles. The summed E-state index contributed by atoms with van der Waals surface area (Å²) in [5, 5.41) is 0. The Bertz CT molecular complexity index is 736. The van der Waals surface area contributed by atoms with E-state index in [-0.39, 0.29) is 19.0 Å². The van der Waals surface area contributed by atoms with E-state index in [1.807, 2.05) is 24.3 Å². The molecule has 0 atom stereocenters. The van der Waals surface area contributed by atoms with E-state index in [0.29, 0.717) is 28.3 Å². The lowest BCUT2D eigenvalue weighted by Crippen LogP contribution is -2.13. The number of aromatic amines is 1. The molecule has 1 aromatic carbocycles. The lowest BCUT2D eigenvalue weighted by atomic mass is 10.1. The third-order valence-corrected chi connectivity index (χ3v) is 3.87. The number of ketones is 1. The molecule has 0 spiro atoms. The summed E-state index contributed by atoms with van der Waals surface area (Å²) in [5.41, 5.74) is 2.15. The van der Waals surface area contributed by atoms with Crippen molar-refractivity contribution in [1.29, 1.82) is 0 Å². The van der Waals surface area contributed by atoms with Crippen molar-refractivity contribution in [2.24, 2.45) is 0 Å². The smallest absolute Gasteiger partial charge is 0.355 e. The Morgan fingerprint density at radius 1 is 1.22 bits per heavy atom. The number of carbonyl (C=O) groups excluding carboxylic acids is 2. The van der Waals surface area contributed by atoms with Crippen molar-refractivity contribution < 1.29 is 19.1 Å². The molecule has 0 aliphatic heterocycles. The predicted octanol–water partition coefficient (Wildman–Crippen LogP) is 3.83. The number of carbonyl (C=O) groups is 2. The fraction of sp³-hybridized carbons (Fsp3) is 0.294. The normalized spacial score (nSPS) is 10.4. The fourth-order valence-corrected chi connectivity index (χ4v) is 2.78. The fourth-order valence-electron chi connectivity index (χ4n) is 2.41. The number of aromatic nitrogens is 1. The minimum atomic E-state index is -0.490. The molecule has 122 valence electrons. The molecule has 0 fully saturated rings. The lowest BCUT2D eigenvalue weighted by molar-refractivity contribution is 0.0443. The second-order valence-corrected chi connectivity index (χ2v) is 6.04. The van der Waals surface area contributed by atoms with Crippen molar-refractivity contribution in [3.63, 3.8) is 0 Å². The molecule has 6 heteroatoms. The van der Waals surface area contributed by atoms with Crippen LogP contribution in [0.5, 0.6) is 5.75 Å². The van der Waals surface area contributed by atoms with Crippen molar-refractivity contribution in [1.82, 2.24) is 4.98 Å². The van der Waals surface area contributed by atoms with Gasteiger partial charge in [0.15, 0.2) is 5.78 Å². The van der Waals surface area contributed by atoms with Gasteiger partial charge < -0.3 is 14.5 Å². The van der Waals surface area contributed by atoms with E-state index in [1.165, 1.54) is 6.92 Å². The highest BCUT2D eigenvalue weighted by Crippen LogP contribution is 2.20. The maximum Gasteiger partial charge on any atom is 0.355 e. The Morgan fingerprint density at radius 3 is 2.57 bits per heavy atom. The molecule has 2 aromatic rings. The topological polar surface area (TPSA) is 68.4 Å². The van der Waals surface area contributed by atoms with E-state index in [0.717, 1.165) is 4.47 Å². The molecule has 1 heterocycles. The zero-order chi connectivity index (χ0) is 17.0. The highest BCUT2D eigenvalue weighted by Gasteiger charge is 2.20. The SMILES string of the molecule is CC(=O)c1c(C)[nH]c(C(=O)OCCOc2cccc(Br)c2)c1C. The third-order valence-electron chi connectivity index (χ3n) is 3.37. The van der Waals surface area contributed by atoms with Crippen molar-refractivity contribution in [3.05, 3.63) is 51.3 Å². The van der Waals surface area contributed by atoms with Gasteiger partial charge in [-0.3, -0.25) is 4.79 Å². The Morgan fingerprint density at radius 2 is 1.96 bits per heavy atom. The first-order valence-corrected chi connectivity index (χ1v) is 7.95. The van der Waals surface area contributed by atoms with Gasteiger partial charge in [0.05, 0.1) is 0 Å². The summed E-state index contributed by atoms with van der Waals surface area (Å²) in [7, 11) is 0. The number of benzene rings is 1. The van der Waals surface area contributed by atoms with Crippen LogP contribution in [0.2, 0.25) is 0 Å². The van der Waals surface area contributed by atoms with Gasteiger partial charge in [0.1, 0.15) is 24.7 Å². The molecular formula is C17H18BrNO4. The summed E-state index contributed by atoms with van der Waals surface area (Å²) in [6, 6.07) is 7.42. The van der Waals surface area contributed by atoms with Gasteiger partial charge in [-0.2, -0.15) is 0 Å². The van der Waals surface area contributed by atoms with Crippen molar-refractivity contribution in [3.8, 4) is 5.75 Å². The second-order valence-electron chi connectivity index (χ2n) is 5.12. The van der Waals surface area contributed by atoms with E-state index >= 15 is 0 Å². The highest BCUT2D eigenvalue weighted by molar-refractivity contribution is 9.10.